The van der Waals surface area contributed by atoms with Crippen molar-refractivity contribution >= 4 is 50.7 Å². The quantitative estimate of drug-likeness (QED) is 0.471. The van der Waals surface area contributed by atoms with Crippen LogP contribution in [-0.2, 0) is 26.2 Å². The molecular weight excluding hydrogens is 509 g/mol. The second-order valence-electron chi connectivity index (χ2n) is 8.83. The minimum Gasteiger partial charge on any atom is -0.352 e. The molecule has 2 aromatic rings. The van der Waals surface area contributed by atoms with Gasteiger partial charge in [0.15, 0.2) is 0 Å². The van der Waals surface area contributed by atoms with Crippen molar-refractivity contribution < 1.29 is 18.0 Å². The van der Waals surface area contributed by atoms with E-state index in [0.717, 1.165) is 21.7 Å². The Kier molecular flexibility index (Phi) is 10.0. The molecule has 0 fully saturated rings. The molecule has 0 radical (unpaired) electrons. The fraction of sp³-hybridized carbons (Fsp3) is 0.440. The van der Waals surface area contributed by atoms with Crippen LogP contribution in [0.5, 0.6) is 0 Å². The number of hydrogen-bond acceptors (Lipinski definition) is 4. The Morgan fingerprint density at radius 3 is 2.29 bits per heavy atom. The van der Waals surface area contributed by atoms with Gasteiger partial charge in [-0.2, -0.15) is 0 Å². The Labute approximate surface area is 218 Å². The van der Waals surface area contributed by atoms with Crippen LogP contribution in [0.15, 0.2) is 36.4 Å². The fourth-order valence-corrected chi connectivity index (χ4v) is 5.10. The first kappa shape index (κ1) is 28.9. The van der Waals surface area contributed by atoms with Crippen molar-refractivity contribution in [3.8, 4) is 0 Å². The molecule has 2 rings (SSSR count). The molecule has 2 aromatic carbocycles. The smallest absolute Gasteiger partial charge is 0.244 e. The van der Waals surface area contributed by atoms with Gasteiger partial charge in [0.25, 0.3) is 0 Å². The molecule has 1 N–H and O–H groups in total. The van der Waals surface area contributed by atoms with E-state index in [9.17, 15) is 18.0 Å². The Bertz CT molecular complexity index is 1190. The van der Waals surface area contributed by atoms with E-state index in [1.54, 1.807) is 37.3 Å². The van der Waals surface area contributed by atoms with Gasteiger partial charge in [-0.3, -0.25) is 13.9 Å². The van der Waals surface area contributed by atoms with Crippen molar-refractivity contribution in [1.29, 1.82) is 0 Å². The largest absolute Gasteiger partial charge is 0.352 e. The maximum Gasteiger partial charge on any atom is 0.244 e. The van der Waals surface area contributed by atoms with Gasteiger partial charge >= 0.3 is 0 Å². The summed E-state index contributed by atoms with van der Waals surface area (Å²) in [4.78, 5) is 28.1. The molecule has 192 valence electrons. The predicted octanol–water partition coefficient (Wildman–Crippen LogP) is 4.71. The van der Waals surface area contributed by atoms with Crippen molar-refractivity contribution in [3.63, 3.8) is 0 Å². The molecule has 0 bridgehead atoms. The number of amides is 2. The lowest BCUT2D eigenvalue weighted by Crippen LogP contribution is -2.53. The summed E-state index contributed by atoms with van der Waals surface area (Å²) in [5.41, 5.74) is 2.67. The molecule has 0 saturated carbocycles. The lowest BCUT2D eigenvalue weighted by atomic mass is 10.1. The molecular formula is C25H33Cl2N3O4S. The lowest BCUT2D eigenvalue weighted by molar-refractivity contribution is -0.140. The van der Waals surface area contributed by atoms with Crippen LogP contribution in [-0.4, -0.2) is 50.0 Å². The van der Waals surface area contributed by atoms with E-state index in [2.05, 4.69) is 5.32 Å². The van der Waals surface area contributed by atoms with E-state index in [1.165, 1.54) is 4.90 Å². The highest BCUT2D eigenvalue weighted by Gasteiger charge is 2.32. The summed E-state index contributed by atoms with van der Waals surface area (Å²) in [6.07, 6.45) is 1.39. The molecule has 0 spiro atoms. The summed E-state index contributed by atoms with van der Waals surface area (Å²) in [5.74, 6) is -0.841. The van der Waals surface area contributed by atoms with Gasteiger partial charge in [-0.1, -0.05) is 48.3 Å². The number of nitrogens with zero attached hydrogens (tertiary/aromatic N) is 2. The van der Waals surface area contributed by atoms with E-state index in [0.29, 0.717) is 27.7 Å². The van der Waals surface area contributed by atoms with Crippen molar-refractivity contribution in [3.05, 3.63) is 63.1 Å². The van der Waals surface area contributed by atoms with Gasteiger partial charge in [0.05, 0.1) is 11.9 Å². The van der Waals surface area contributed by atoms with Gasteiger partial charge < -0.3 is 10.2 Å². The monoisotopic (exact) mass is 541 g/mol. The minimum absolute atomic E-state index is 0.0171. The highest BCUT2D eigenvalue weighted by atomic mass is 35.5. The number of aryl methyl sites for hydroxylation is 1. The topological polar surface area (TPSA) is 86.8 Å². The van der Waals surface area contributed by atoms with Gasteiger partial charge in [-0.15, -0.1) is 0 Å². The van der Waals surface area contributed by atoms with Gasteiger partial charge in [0.1, 0.15) is 12.6 Å². The van der Waals surface area contributed by atoms with Crippen molar-refractivity contribution in [1.82, 2.24) is 10.2 Å². The van der Waals surface area contributed by atoms with Crippen LogP contribution in [0.4, 0.5) is 5.69 Å². The highest BCUT2D eigenvalue weighted by Crippen LogP contribution is 2.27. The summed E-state index contributed by atoms with van der Waals surface area (Å²) in [7, 11) is -3.80. The molecule has 0 unspecified atom stereocenters. The van der Waals surface area contributed by atoms with Crippen molar-refractivity contribution in [2.75, 3.05) is 17.1 Å². The Hall–Kier alpha value is -2.29. The van der Waals surface area contributed by atoms with Gasteiger partial charge in [0, 0.05) is 22.6 Å². The number of sulfonamides is 1. The van der Waals surface area contributed by atoms with Crippen LogP contribution in [0.3, 0.4) is 0 Å². The maximum atomic E-state index is 13.7. The predicted molar refractivity (Wildman–Crippen MR) is 142 cm³/mol. The standard InChI is InChI=1S/C25H33Cl2N3O4S/c1-7-22(25(32)28-16(2)3)29(14-19-11-12-20(26)13-21(19)27)24(31)15-30(35(6,33)34)23-10-8-9-17(4)18(23)5/h8-13,16,22H,7,14-15H2,1-6H3,(H,28,32)/t22-/m1/s1. The maximum absolute atomic E-state index is 13.7. The third-order valence-corrected chi connectivity index (χ3v) is 7.41. The van der Waals surface area contributed by atoms with Gasteiger partial charge in [0.2, 0.25) is 21.8 Å². The zero-order valence-corrected chi connectivity index (χ0v) is 23.3. The molecule has 2 amide bonds. The van der Waals surface area contributed by atoms with E-state index in [4.69, 9.17) is 23.2 Å². The highest BCUT2D eigenvalue weighted by molar-refractivity contribution is 7.92. The summed E-state index contributed by atoms with van der Waals surface area (Å²) in [6.45, 7) is 8.71. The molecule has 1 atom stereocenters. The summed E-state index contributed by atoms with van der Waals surface area (Å²) >= 11 is 12.4. The number of carbonyl (C=O) groups excluding carboxylic acids is 2. The molecule has 10 heteroatoms. The van der Waals surface area contributed by atoms with E-state index < -0.39 is 28.5 Å². The van der Waals surface area contributed by atoms with E-state index in [-0.39, 0.29) is 18.5 Å². The SMILES string of the molecule is CC[C@H](C(=O)NC(C)C)N(Cc1ccc(Cl)cc1Cl)C(=O)CN(c1cccc(C)c1C)S(C)(=O)=O. The van der Waals surface area contributed by atoms with Crippen LogP contribution >= 0.6 is 23.2 Å². The molecule has 35 heavy (non-hydrogen) atoms. The van der Waals surface area contributed by atoms with Crippen LogP contribution in [0.1, 0.15) is 43.9 Å². The number of hydrogen-bond donors (Lipinski definition) is 1. The molecule has 7 nitrogen and oxygen atoms in total. The van der Waals surface area contributed by atoms with Crippen LogP contribution < -0.4 is 9.62 Å². The van der Waals surface area contributed by atoms with E-state index in [1.807, 2.05) is 33.8 Å². The summed E-state index contributed by atoms with van der Waals surface area (Å²) in [6, 6.07) is 9.24. The number of anilines is 1. The Balaban J connectivity index is 2.52. The number of carbonyl (C=O) groups is 2. The zero-order chi connectivity index (χ0) is 26.5. The Morgan fingerprint density at radius 1 is 1.09 bits per heavy atom. The second kappa shape index (κ2) is 12.1. The van der Waals surface area contributed by atoms with Gasteiger partial charge in [-0.05, 0) is 69.0 Å². The van der Waals surface area contributed by atoms with Crippen molar-refractivity contribution in [2.24, 2.45) is 0 Å². The summed E-state index contributed by atoms with van der Waals surface area (Å²) in [5, 5.41) is 3.65. The number of halogens is 2. The molecule has 0 aliphatic heterocycles. The fourth-order valence-electron chi connectivity index (χ4n) is 3.73. The van der Waals surface area contributed by atoms with Crippen LogP contribution in [0.25, 0.3) is 0 Å². The average Bonchev–Trinajstić information content (AvgIpc) is 2.74. The normalized spacial score (nSPS) is 12.4. The first-order chi connectivity index (χ1) is 16.3. The zero-order valence-electron chi connectivity index (χ0n) is 20.9. The number of rotatable bonds is 10. The second-order valence-corrected chi connectivity index (χ2v) is 11.6. The average molecular weight is 543 g/mol. The minimum atomic E-state index is -3.80. The molecule has 0 heterocycles. The number of benzene rings is 2. The first-order valence-corrected chi connectivity index (χ1v) is 13.9. The third-order valence-electron chi connectivity index (χ3n) is 5.70. The molecule has 0 saturated heterocycles. The first-order valence-electron chi connectivity index (χ1n) is 11.3. The number of nitrogens with one attached hydrogen (secondary N) is 1. The molecule has 0 aliphatic rings. The lowest BCUT2D eigenvalue weighted by Gasteiger charge is -2.33. The third kappa shape index (κ3) is 7.59. The summed E-state index contributed by atoms with van der Waals surface area (Å²) < 4.78 is 26.6. The van der Waals surface area contributed by atoms with E-state index >= 15 is 0 Å². The van der Waals surface area contributed by atoms with Crippen LogP contribution in [0, 0.1) is 13.8 Å². The molecule has 0 aliphatic carbocycles. The van der Waals surface area contributed by atoms with Crippen molar-refractivity contribution in [2.45, 2.75) is 59.7 Å². The Morgan fingerprint density at radius 2 is 1.74 bits per heavy atom. The molecule has 0 aromatic heterocycles. The van der Waals surface area contributed by atoms with Crippen LogP contribution in [0.2, 0.25) is 10.0 Å². The van der Waals surface area contributed by atoms with Gasteiger partial charge in [-0.25, -0.2) is 8.42 Å².